The summed E-state index contributed by atoms with van der Waals surface area (Å²) in [5.41, 5.74) is 10.6. The number of nitrogens with zero attached hydrogens (tertiary/aromatic N) is 1. The second kappa shape index (κ2) is 13.4. The van der Waals surface area contributed by atoms with Gasteiger partial charge in [-0.2, -0.15) is 0 Å². The highest BCUT2D eigenvalue weighted by atomic mass is 32.1. The van der Waals surface area contributed by atoms with E-state index in [9.17, 15) is 0 Å². The van der Waals surface area contributed by atoms with Crippen molar-refractivity contribution in [1.82, 2.24) is 0 Å². The molecule has 0 N–H and O–H groups in total. The van der Waals surface area contributed by atoms with Gasteiger partial charge in [0.2, 0.25) is 0 Å². The van der Waals surface area contributed by atoms with E-state index >= 15 is 0 Å². The summed E-state index contributed by atoms with van der Waals surface area (Å²) in [5, 5.41) is 10.2. The summed E-state index contributed by atoms with van der Waals surface area (Å²) in [6.07, 6.45) is 0. The highest BCUT2D eigenvalue weighted by molar-refractivity contribution is 7.26. The third kappa shape index (κ3) is 5.46. The Kier molecular flexibility index (Phi) is 7.75. The Hall–Kier alpha value is -7.00. The van der Waals surface area contributed by atoms with Crippen LogP contribution >= 0.6 is 11.3 Å². The topological polar surface area (TPSA) is 3.24 Å². The second-order valence-corrected chi connectivity index (χ2v) is 15.5. The molecule has 1 heterocycles. The summed E-state index contributed by atoms with van der Waals surface area (Å²) < 4.78 is 2.63. The molecule has 11 aromatic rings. The number of thiophene rings is 1. The molecule has 0 radical (unpaired) electrons. The van der Waals surface area contributed by atoms with E-state index < -0.39 is 0 Å². The van der Waals surface area contributed by atoms with Gasteiger partial charge in [0.05, 0.1) is 5.69 Å². The maximum Gasteiger partial charge on any atom is 0.0540 e. The van der Waals surface area contributed by atoms with Crippen LogP contribution in [0.15, 0.2) is 212 Å². The predicted octanol–water partition coefficient (Wildman–Crippen LogP) is 16.0. The van der Waals surface area contributed by atoms with Crippen LogP contribution < -0.4 is 4.90 Å². The summed E-state index contributed by atoms with van der Waals surface area (Å²) in [5.74, 6) is 0. The lowest BCUT2D eigenvalue weighted by atomic mass is 9.92. The molecule has 10 aromatic carbocycles. The van der Waals surface area contributed by atoms with Crippen LogP contribution in [-0.2, 0) is 0 Å². The van der Waals surface area contributed by atoms with Crippen molar-refractivity contribution in [3.05, 3.63) is 212 Å². The van der Waals surface area contributed by atoms with Crippen LogP contribution in [0.3, 0.4) is 0 Å². The highest BCUT2D eigenvalue weighted by Crippen LogP contribution is 2.47. The number of hydrogen-bond acceptors (Lipinski definition) is 2. The molecule has 0 saturated heterocycles. The van der Waals surface area contributed by atoms with Crippen LogP contribution in [0.4, 0.5) is 17.1 Å². The Balaban J connectivity index is 1.15. The molecule has 0 atom stereocenters. The maximum atomic E-state index is 2.44. The summed E-state index contributed by atoms with van der Waals surface area (Å²) in [7, 11) is 0. The number of hydrogen-bond donors (Lipinski definition) is 0. The number of rotatable bonds is 6. The Morgan fingerprint density at radius 3 is 1.71 bits per heavy atom. The van der Waals surface area contributed by atoms with Crippen molar-refractivity contribution >= 4 is 80.9 Å². The largest absolute Gasteiger partial charge is 0.310 e. The maximum absolute atomic E-state index is 2.44. The lowest BCUT2D eigenvalue weighted by Crippen LogP contribution is -2.11. The average Bonchev–Trinajstić information content (AvgIpc) is 3.64. The van der Waals surface area contributed by atoms with E-state index in [0.717, 1.165) is 17.1 Å². The molecule has 0 bridgehead atoms. The van der Waals surface area contributed by atoms with Gasteiger partial charge in [-0.05, 0) is 97.0 Å². The van der Waals surface area contributed by atoms with Crippen LogP contribution in [-0.4, -0.2) is 0 Å². The van der Waals surface area contributed by atoms with Crippen molar-refractivity contribution in [2.75, 3.05) is 4.90 Å². The minimum atomic E-state index is 1.10. The highest BCUT2D eigenvalue weighted by Gasteiger charge is 2.21. The van der Waals surface area contributed by atoms with Crippen molar-refractivity contribution in [2.45, 2.75) is 0 Å². The molecule has 262 valence electrons. The third-order valence-electron chi connectivity index (χ3n) is 11.2. The molecular weight excluding hydrogens is 695 g/mol. The van der Waals surface area contributed by atoms with E-state index in [1.165, 1.54) is 85.9 Å². The van der Waals surface area contributed by atoms with Crippen molar-refractivity contribution in [2.24, 2.45) is 0 Å². The van der Waals surface area contributed by atoms with Gasteiger partial charge in [0.15, 0.2) is 0 Å². The number of anilines is 3. The molecule has 0 saturated carbocycles. The van der Waals surface area contributed by atoms with Gasteiger partial charge >= 0.3 is 0 Å². The van der Waals surface area contributed by atoms with E-state index in [1.807, 2.05) is 11.3 Å². The molecule has 0 aliphatic heterocycles. The van der Waals surface area contributed by atoms with E-state index in [2.05, 4.69) is 217 Å². The minimum absolute atomic E-state index is 1.10. The predicted molar refractivity (Wildman–Crippen MR) is 243 cm³/mol. The fourth-order valence-corrected chi connectivity index (χ4v) is 9.82. The Morgan fingerprint density at radius 2 is 0.893 bits per heavy atom. The molecule has 11 rings (SSSR count). The summed E-state index contributed by atoms with van der Waals surface area (Å²) in [4.78, 5) is 2.44. The smallest absolute Gasteiger partial charge is 0.0540 e. The second-order valence-electron chi connectivity index (χ2n) is 14.5. The van der Waals surface area contributed by atoms with Crippen LogP contribution in [0, 0.1) is 0 Å². The average molecular weight is 730 g/mol. The lowest BCUT2D eigenvalue weighted by molar-refractivity contribution is 1.29. The van der Waals surface area contributed by atoms with Crippen LogP contribution in [0.5, 0.6) is 0 Å². The van der Waals surface area contributed by atoms with Gasteiger partial charge in [0.1, 0.15) is 0 Å². The van der Waals surface area contributed by atoms with E-state index in [4.69, 9.17) is 0 Å². The fraction of sp³-hybridized carbons (Fsp3) is 0. The number of fused-ring (bicyclic) bond motifs is 7. The lowest BCUT2D eigenvalue weighted by Gasteiger charge is -2.29. The van der Waals surface area contributed by atoms with E-state index in [1.54, 1.807) is 0 Å². The molecule has 0 aliphatic rings. The van der Waals surface area contributed by atoms with Crippen molar-refractivity contribution in [3.63, 3.8) is 0 Å². The summed E-state index contributed by atoms with van der Waals surface area (Å²) in [6, 6.07) is 77.8. The molecule has 1 nitrogen and oxygen atoms in total. The molecule has 1 aromatic heterocycles. The van der Waals surface area contributed by atoms with Crippen molar-refractivity contribution < 1.29 is 0 Å². The zero-order valence-electron chi connectivity index (χ0n) is 30.6. The SMILES string of the molecule is c1ccc(-c2cc(N(c3ccc4c(ccc5ccccc54)c3)c3ccccc3-c3ccccc3)ccc2-c2cccc3c2sc2cc4ccccc4cc23)cc1. The molecular formula is C54H35NS. The standard InChI is InChI=1S/C54H35NS/c1-3-14-36(15-4-1)46-22-11-12-25-52(46)55(42-28-30-45-41(32-42)27-26-38-18-9-10-21-44(38)45)43-29-31-47(50(35-43)37-16-5-2-6-17-37)48-23-13-24-49-51-33-39-19-7-8-20-40(39)34-53(51)56-54(48)49/h1-35H. The zero-order valence-corrected chi connectivity index (χ0v) is 31.4. The fourth-order valence-electron chi connectivity index (χ4n) is 8.56. The van der Waals surface area contributed by atoms with Gasteiger partial charge in [-0.1, -0.05) is 170 Å². The zero-order chi connectivity index (χ0) is 37.0. The molecule has 0 fully saturated rings. The van der Waals surface area contributed by atoms with Gasteiger partial charge < -0.3 is 4.90 Å². The number of benzene rings is 10. The van der Waals surface area contributed by atoms with Crippen molar-refractivity contribution in [3.8, 4) is 33.4 Å². The minimum Gasteiger partial charge on any atom is -0.310 e. The molecule has 0 spiro atoms. The van der Waals surface area contributed by atoms with Gasteiger partial charge in [0, 0.05) is 42.7 Å². The van der Waals surface area contributed by atoms with Crippen molar-refractivity contribution in [1.29, 1.82) is 0 Å². The first-order valence-electron chi connectivity index (χ1n) is 19.2. The van der Waals surface area contributed by atoms with E-state index in [-0.39, 0.29) is 0 Å². The molecule has 0 unspecified atom stereocenters. The van der Waals surface area contributed by atoms with Gasteiger partial charge in [-0.3, -0.25) is 0 Å². The van der Waals surface area contributed by atoms with Gasteiger partial charge in [-0.25, -0.2) is 0 Å². The molecule has 2 heteroatoms. The Bertz CT molecular complexity index is 3250. The monoisotopic (exact) mass is 729 g/mol. The number of para-hydroxylation sites is 1. The Morgan fingerprint density at radius 1 is 0.304 bits per heavy atom. The van der Waals surface area contributed by atoms with Crippen LogP contribution in [0.1, 0.15) is 0 Å². The van der Waals surface area contributed by atoms with Crippen LogP contribution in [0.25, 0.3) is 85.9 Å². The molecule has 0 amide bonds. The molecule has 56 heavy (non-hydrogen) atoms. The first-order chi connectivity index (χ1) is 27.8. The van der Waals surface area contributed by atoms with Gasteiger partial charge in [-0.15, -0.1) is 11.3 Å². The van der Waals surface area contributed by atoms with E-state index in [0.29, 0.717) is 0 Å². The van der Waals surface area contributed by atoms with Gasteiger partial charge in [0.25, 0.3) is 0 Å². The summed E-state index contributed by atoms with van der Waals surface area (Å²) >= 11 is 1.90. The quantitative estimate of drug-likeness (QED) is 0.154. The molecule has 0 aliphatic carbocycles. The normalized spacial score (nSPS) is 11.6. The Labute approximate surface area is 330 Å². The first-order valence-corrected chi connectivity index (χ1v) is 20.0. The third-order valence-corrected chi connectivity index (χ3v) is 12.4. The summed E-state index contributed by atoms with van der Waals surface area (Å²) in [6.45, 7) is 0. The first kappa shape index (κ1) is 32.4. The van der Waals surface area contributed by atoms with Crippen LogP contribution in [0.2, 0.25) is 0 Å².